The average Bonchev–Trinajstić information content (AvgIpc) is 2.81. The van der Waals surface area contributed by atoms with Crippen LogP contribution in [0.2, 0.25) is 0 Å². The summed E-state index contributed by atoms with van der Waals surface area (Å²) in [6, 6.07) is 5.85. The lowest BCUT2D eigenvalue weighted by Crippen LogP contribution is -2.42. The second-order valence-electron chi connectivity index (χ2n) is 6.55. The van der Waals surface area contributed by atoms with Crippen molar-refractivity contribution in [2.75, 3.05) is 39.4 Å². The normalized spacial score (nSPS) is 21.2. The number of aryl methyl sites for hydroxylation is 1. The van der Waals surface area contributed by atoms with E-state index in [-0.39, 0.29) is 11.7 Å². The fraction of sp³-hybridized carbons (Fsp3) is 0.611. The lowest BCUT2D eigenvalue weighted by atomic mass is 10.1. The first kappa shape index (κ1) is 16.3. The molecule has 5 heteroatoms. The smallest absolute Gasteiger partial charge is 0.257 e. The molecule has 0 spiro atoms. The summed E-state index contributed by atoms with van der Waals surface area (Å²) in [7, 11) is 0. The number of carbonyl (C=O) groups excluding carboxylic acids is 1. The summed E-state index contributed by atoms with van der Waals surface area (Å²) >= 11 is 0. The summed E-state index contributed by atoms with van der Waals surface area (Å²) in [6.45, 7) is 7.03. The number of hydrogen-bond acceptors (Lipinski definition) is 4. The third-order valence-corrected chi connectivity index (χ3v) is 4.91. The maximum atomic E-state index is 12.7. The first-order chi connectivity index (χ1) is 11.1. The molecule has 1 aromatic carbocycles. The highest BCUT2D eigenvalue weighted by molar-refractivity contribution is 5.96. The number of hydrogen-bond donors (Lipinski definition) is 1. The Bertz CT molecular complexity index is 555. The van der Waals surface area contributed by atoms with Gasteiger partial charge in [0.1, 0.15) is 5.75 Å². The van der Waals surface area contributed by atoms with Gasteiger partial charge in [0.2, 0.25) is 0 Å². The minimum Gasteiger partial charge on any atom is -0.507 e. The van der Waals surface area contributed by atoms with E-state index in [0.717, 1.165) is 64.2 Å². The van der Waals surface area contributed by atoms with E-state index in [2.05, 4.69) is 4.90 Å². The van der Waals surface area contributed by atoms with Crippen molar-refractivity contribution in [1.82, 2.24) is 9.80 Å². The van der Waals surface area contributed by atoms with Crippen LogP contribution in [-0.2, 0) is 4.74 Å². The molecule has 126 valence electrons. The number of nitrogens with zero attached hydrogens (tertiary/aromatic N) is 2. The van der Waals surface area contributed by atoms with Gasteiger partial charge >= 0.3 is 0 Å². The van der Waals surface area contributed by atoms with Gasteiger partial charge < -0.3 is 14.7 Å². The molecular formula is C18H26N2O3. The van der Waals surface area contributed by atoms with Gasteiger partial charge in [-0.15, -0.1) is 0 Å². The first-order valence-corrected chi connectivity index (χ1v) is 8.56. The zero-order valence-electron chi connectivity index (χ0n) is 13.8. The van der Waals surface area contributed by atoms with Gasteiger partial charge in [-0.1, -0.05) is 6.07 Å². The number of amides is 1. The van der Waals surface area contributed by atoms with Gasteiger partial charge in [0.05, 0.1) is 5.56 Å². The molecule has 1 amide bonds. The highest BCUT2D eigenvalue weighted by Crippen LogP contribution is 2.22. The zero-order chi connectivity index (χ0) is 16.2. The molecule has 0 bridgehead atoms. The molecule has 2 aliphatic rings. The Morgan fingerprint density at radius 1 is 1.17 bits per heavy atom. The van der Waals surface area contributed by atoms with Crippen molar-refractivity contribution in [2.45, 2.75) is 32.2 Å². The summed E-state index contributed by atoms with van der Waals surface area (Å²) in [5.74, 6) is 0.0249. The fourth-order valence-corrected chi connectivity index (χ4v) is 3.55. The van der Waals surface area contributed by atoms with Crippen LogP contribution in [-0.4, -0.2) is 66.2 Å². The summed E-state index contributed by atoms with van der Waals surface area (Å²) in [5, 5.41) is 10.0. The third kappa shape index (κ3) is 3.85. The van der Waals surface area contributed by atoms with Crippen molar-refractivity contribution >= 4 is 5.91 Å². The number of rotatable bonds is 2. The lowest BCUT2D eigenvalue weighted by Gasteiger charge is -2.33. The van der Waals surface area contributed by atoms with Crippen LogP contribution in [0.5, 0.6) is 5.75 Å². The second kappa shape index (κ2) is 7.32. The van der Waals surface area contributed by atoms with Gasteiger partial charge in [-0.25, -0.2) is 0 Å². The number of phenolic OH excluding ortho intramolecular Hbond substituents is 1. The van der Waals surface area contributed by atoms with Crippen LogP contribution in [0.1, 0.15) is 35.2 Å². The largest absolute Gasteiger partial charge is 0.507 e. The van der Waals surface area contributed by atoms with Crippen LogP contribution in [0.15, 0.2) is 18.2 Å². The lowest BCUT2D eigenvalue weighted by molar-refractivity contribution is 0.0351. The zero-order valence-corrected chi connectivity index (χ0v) is 13.8. The van der Waals surface area contributed by atoms with Crippen LogP contribution in [0, 0.1) is 6.92 Å². The second-order valence-corrected chi connectivity index (χ2v) is 6.55. The molecule has 0 saturated carbocycles. The van der Waals surface area contributed by atoms with E-state index in [1.54, 1.807) is 12.1 Å². The average molecular weight is 318 g/mol. The minimum absolute atomic E-state index is 0.0590. The summed E-state index contributed by atoms with van der Waals surface area (Å²) in [5.41, 5.74) is 1.37. The van der Waals surface area contributed by atoms with Crippen LogP contribution >= 0.6 is 0 Å². The molecule has 0 unspecified atom stereocenters. The quantitative estimate of drug-likeness (QED) is 0.906. The maximum Gasteiger partial charge on any atom is 0.257 e. The van der Waals surface area contributed by atoms with Crippen LogP contribution < -0.4 is 0 Å². The van der Waals surface area contributed by atoms with Crippen molar-refractivity contribution in [3.63, 3.8) is 0 Å². The minimum atomic E-state index is -0.0590. The van der Waals surface area contributed by atoms with Gasteiger partial charge in [-0.3, -0.25) is 9.69 Å². The molecule has 0 radical (unpaired) electrons. The van der Waals surface area contributed by atoms with Crippen LogP contribution in [0.3, 0.4) is 0 Å². The molecule has 0 aromatic heterocycles. The van der Waals surface area contributed by atoms with Crippen molar-refractivity contribution in [3.8, 4) is 5.75 Å². The van der Waals surface area contributed by atoms with Gasteiger partial charge in [0.15, 0.2) is 0 Å². The number of benzene rings is 1. The number of ether oxygens (including phenoxy) is 1. The molecule has 0 aliphatic carbocycles. The topological polar surface area (TPSA) is 53.0 Å². The molecule has 1 aromatic rings. The molecule has 2 saturated heterocycles. The van der Waals surface area contributed by atoms with E-state index in [1.165, 1.54) is 0 Å². The SMILES string of the molecule is Cc1ccc(C(=O)N2CCCN(C3CCOCC3)CC2)c(O)c1. The number of phenols is 1. The molecule has 1 N–H and O–H groups in total. The van der Waals surface area contributed by atoms with Gasteiger partial charge in [-0.05, 0) is 43.9 Å². The van der Waals surface area contributed by atoms with Crippen LogP contribution in [0.4, 0.5) is 0 Å². The predicted molar refractivity (Wildman–Crippen MR) is 88.8 cm³/mol. The molecule has 0 atom stereocenters. The highest BCUT2D eigenvalue weighted by atomic mass is 16.5. The fourth-order valence-electron chi connectivity index (χ4n) is 3.55. The van der Waals surface area contributed by atoms with E-state index >= 15 is 0 Å². The molecular weight excluding hydrogens is 292 g/mol. The first-order valence-electron chi connectivity index (χ1n) is 8.56. The molecule has 5 nitrogen and oxygen atoms in total. The van der Waals surface area contributed by atoms with E-state index in [4.69, 9.17) is 4.74 Å². The van der Waals surface area contributed by atoms with Crippen molar-refractivity contribution in [2.24, 2.45) is 0 Å². The monoisotopic (exact) mass is 318 g/mol. The Morgan fingerprint density at radius 2 is 1.96 bits per heavy atom. The molecule has 2 aliphatic heterocycles. The maximum absolute atomic E-state index is 12.7. The third-order valence-electron chi connectivity index (χ3n) is 4.91. The highest BCUT2D eigenvalue weighted by Gasteiger charge is 2.26. The number of aromatic hydroxyl groups is 1. The van der Waals surface area contributed by atoms with E-state index in [0.29, 0.717) is 11.6 Å². The Hall–Kier alpha value is -1.59. The summed E-state index contributed by atoms with van der Waals surface area (Å²) in [4.78, 5) is 17.1. The van der Waals surface area contributed by atoms with Crippen molar-refractivity contribution < 1.29 is 14.6 Å². The van der Waals surface area contributed by atoms with Crippen molar-refractivity contribution in [3.05, 3.63) is 29.3 Å². The standard InChI is InChI=1S/C18H26N2O3/c1-14-3-4-16(17(21)13-14)18(22)20-8-2-7-19(9-10-20)15-5-11-23-12-6-15/h3-4,13,15,21H,2,5-12H2,1H3. The van der Waals surface area contributed by atoms with Gasteiger partial charge in [0.25, 0.3) is 5.91 Å². The Kier molecular flexibility index (Phi) is 5.18. The van der Waals surface area contributed by atoms with E-state index < -0.39 is 0 Å². The summed E-state index contributed by atoms with van der Waals surface area (Å²) < 4.78 is 5.44. The van der Waals surface area contributed by atoms with Crippen LogP contribution in [0.25, 0.3) is 0 Å². The van der Waals surface area contributed by atoms with Gasteiger partial charge in [0, 0.05) is 45.4 Å². The van der Waals surface area contributed by atoms with E-state index in [9.17, 15) is 9.90 Å². The molecule has 23 heavy (non-hydrogen) atoms. The molecule has 3 rings (SSSR count). The number of carbonyl (C=O) groups is 1. The Morgan fingerprint density at radius 3 is 2.70 bits per heavy atom. The molecule has 2 heterocycles. The molecule has 2 fully saturated rings. The Labute approximate surface area is 137 Å². The van der Waals surface area contributed by atoms with E-state index in [1.807, 2.05) is 17.9 Å². The Balaban J connectivity index is 1.64. The predicted octanol–water partition coefficient (Wildman–Crippen LogP) is 2.03. The summed E-state index contributed by atoms with van der Waals surface area (Å²) in [6.07, 6.45) is 3.16. The van der Waals surface area contributed by atoms with Crippen molar-refractivity contribution in [1.29, 1.82) is 0 Å². The van der Waals surface area contributed by atoms with Gasteiger partial charge in [-0.2, -0.15) is 0 Å².